The summed E-state index contributed by atoms with van der Waals surface area (Å²) in [6.45, 7) is 0.00816. The minimum Gasteiger partial charge on any atom is -0.489 e. The molecule has 3 rings (SSSR count). The SMILES string of the molecule is O=C(O)[C@@H]1CCC(c2ccc(OCc3ccccc3F)cc2F)N1. The Morgan fingerprint density at radius 3 is 2.62 bits per heavy atom. The van der Waals surface area contributed by atoms with Crippen molar-refractivity contribution in [3.63, 3.8) is 0 Å². The maximum Gasteiger partial charge on any atom is 0.320 e. The van der Waals surface area contributed by atoms with Crippen LogP contribution in [0.25, 0.3) is 0 Å². The van der Waals surface area contributed by atoms with Crippen molar-refractivity contribution >= 4 is 5.97 Å². The molecule has 24 heavy (non-hydrogen) atoms. The maximum atomic E-state index is 14.3. The van der Waals surface area contributed by atoms with Crippen molar-refractivity contribution in [2.75, 3.05) is 0 Å². The molecule has 1 aliphatic heterocycles. The minimum atomic E-state index is -0.928. The summed E-state index contributed by atoms with van der Waals surface area (Å²) in [5, 5.41) is 11.9. The van der Waals surface area contributed by atoms with E-state index in [1.807, 2.05) is 0 Å². The summed E-state index contributed by atoms with van der Waals surface area (Å²) < 4.78 is 33.3. The van der Waals surface area contributed by atoms with Crippen LogP contribution >= 0.6 is 0 Å². The molecule has 1 heterocycles. The molecule has 1 aliphatic rings. The second kappa shape index (κ2) is 6.97. The maximum absolute atomic E-state index is 14.3. The van der Waals surface area contributed by atoms with Crippen LogP contribution in [0.15, 0.2) is 42.5 Å². The first kappa shape index (κ1) is 16.4. The Balaban J connectivity index is 1.67. The first-order valence-corrected chi connectivity index (χ1v) is 7.69. The van der Waals surface area contributed by atoms with Crippen LogP contribution < -0.4 is 10.1 Å². The van der Waals surface area contributed by atoms with Crippen LogP contribution in [0, 0.1) is 11.6 Å². The third-order valence-corrected chi connectivity index (χ3v) is 4.14. The van der Waals surface area contributed by atoms with Gasteiger partial charge in [-0.3, -0.25) is 10.1 Å². The molecule has 6 heteroatoms. The zero-order valence-corrected chi connectivity index (χ0v) is 12.8. The van der Waals surface area contributed by atoms with E-state index in [1.54, 1.807) is 30.3 Å². The van der Waals surface area contributed by atoms with Crippen molar-refractivity contribution in [1.82, 2.24) is 5.32 Å². The van der Waals surface area contributed by atoms with Gasteiger partial charge >= 0.3 is 5.97 Å². The average molecular weight is 333 g/mol. The van der Waals surface area contributed by atoms with Gasteiger partial charge in [0.2, 0.25) is 0 Å². The van der Waals surface area contributed by atoms with Crippen molar-refractivity contribution in [2.24, 2.45) is 0 Å². The van der Waals surface area contributed by atoms with Crippen molar-refractivity contribution in [1.29, 1.82) is 0 Å². The molecule has 0 aromatic heterocycles. The monoisotopic (exact) mass is 333 g/mol. The summed E-state index contributed by atoms with van der Waals surface area (Å²) in [5.74, 6) is -1.47. The Labute approximate surface area is 138 Å². The predicted molar refractivity (Wildman–Crippen MR) is 83.7 cm³/mol. The van der Waals surface area contributed by atoms with Crippen LogP contribution in [0.2, 0.25) is 0 Å². The van der Waals surface area contributed by atoms with Crippen LogP contribution in [-0.2, 0) is 11.4 Å². The second-order valence-electron chi connectivity index (χ2n) is 5.75. The third-order valence-electron chi connectivity index (χ3n) is 4.14. The molecular weight excluding hydrogens is 316 g/mol. The van der Waals surface area contributed by atoms with Gasteiger partial charge in [-0.15, -0.1) is 0 Å². The molecule has 0 spiro atoms. The van der Waals surface area contributed by atoms with Crippen molar-refractivity contribution in [3.05, 3.63) is 65.2 Å². The smallest absolute Gasteiger partial charge is 0.320 e. The summed E-state index contributed by atoms with van der Waals surface area (Å²) in [6, 6.07) is 9.69. The van der Waals surface area contributed by atoms with E-state index >= 15 is 0 Å². The van der Waals surface area contributed by atoms with E-state index in [1.165, 1.54) is 12.1 Å². The van der Waals surface area contributed by atoms with Gasteiger partial charge in [-0.2, -0.15) is 0 Å². The number of halogens is 2. The lowest BCUT2D eigenvalue weighted by atomic mass is 10.0. The minimum absolute atomic E-state index is 0.00816. The lowest BCUT2D eigenvalue weighted by Crippen LogP contribution is -2.32. The zero-order chi connectivity index (χ0) is 17.1. The summed E-state index contributed by atoms with van der Waals surface area (Å²) in [7, 11) is 0. The number of hydrogen-bond donors (Lipinski definition) is 2. The average Bonchev–Trinajstić information content (AvgIpc) is 3.04. The Bertz CT molecular complexity index is 751. The summed E-state index contributed by atoms with van der Waals surface area (Å²) in [4.78, 5) is 11.0. The lowest BCUT2D eigenvalue weighted by Gasteiger charge is -2.14. The number of carboxylic acids is 1. The highest BCUT2D eigenvalue weighted by Gasteiger charge is 2.31. The number of carboxylic acid groups (broad SMARTS) is 1. The van der Waals surface area contributed by atoms with Crippen LogP contribution in [0.5, 0.6) is 5.75 Å². The van der Waals surface area contributed by atoms with E-state index in [0.29, 0.717) is 29.7 Å². The highest BCUT2D eigenvalue weighted by Crippen LogP contribution is 2.30. The highest BCUT2D eigenvalue weighted by molar-refractivity contribution is 5.74. The molecule has 1 fully saturated rings. The van der Waals surface area contributed by atoms with Gasteiger partial charge < -0.3 is 9.84 Å². The van der Waals surface area contributed by atoms with Gasteiger partial charge in [-0.05, 0) is 25.0 Å². The Morgan fingerprint density at radius 2 is 1.96 bits per heavy atom. The fourth-order valence-electron chi connectivity index (χ4n) is 2.84. The van der Waals surface area contributed by atoms with Gasteiger partial charge in [0, 0.05) is 23.2 Å². The van der Waals surface area contributed by atoms with Crippen LogP contribution in [0.3, 0.4) is 0 Å². The molecule has 4 nitrogen and oxygen atoms in total. The fourth-order valence-corrected chi connectivity index (χ4v) is 2.84. The van der Waals surface area contributed by atoms with Crippen LogP contribution in [0.1, 0.15) is 30.0 Å². The van der Waals surface area contributed by atoms with E-state index in [0.717, 1.165) is 0 Å². The summed E-state index contributed by atoms with van der Waals surface area (Å²) in [5.41, 5.74) is 0.806. The van der Waals surface area contributed by atoms with Crippen LogP contribution in [-0.4, -0.2) is 17.1 Å². The van der Waals surface area contributed by atoms with Gasteiger partial charge in [0.15, 0.2) is 0 Å². The Kier molecular flexibility index (Phi) is 4.76. The normalized spacial score (nSPS) is 20.1. The molecule has 0 aliphatic carbocycles. The number of ether oxygens (including phenoxy) is 1. The molecule has 2 aromatic carbocycles. The first-order valence-electron chi connectivity index (χ1n) is 7.69. The van der Waals surface area contributed by atoms with E-state index in [9.17, 15) is 13.6 Å². The largest absolute Gasteiger partial charge is 0.489 e. The molecule has 2 N–H and O–H groups in total. The number of carbonyl (C=O) groups is 1. The second-order valence-corrected chi connectivity index (χ2v) is 5.75. The molecule has 2 atom stereocenters. The topological polar surface area (TPSA) is 58.6 Å². The number of rotatable bonds is 5. The van der Waals surface area contributed by atoms with Gasteiger partial charge in [0.25, 0.3) is 0 Å². The van der Waals surface area contributed by atoms with Gasteiger partial charge in [0.1, 0.15) is 30.0 Å². The number of nitrogens with one attached hydrogen (secondary N) is 1. The molecule has 1 saturated heterocycles. The van der Waals surface area contributed by atoms with Gasteiger partial charge in [-0.25, -0.2) is 8.78 Å². The van der Waals surface area contributed by atoms with Crippen LogP contribution in [0.4, 0.5) is 8.78 Å². The van der Waals surface area contributed by atoms with E-state index in [-0.39, 0.29) is 18.5 Å². The van der Waals surface area contributed by atoms with Gasteiger partial charge in [0.05, 0.1) is 0 Å². The number of benzene rings is 2. The van der Waals surface area contributed by atoms with Crippen molar-refractivity contribution < 1.29 is 23.4 Å². The standard InChI is InChI=1S/C18H17F2NO3/c19-14-4-2-1-3-11(14)10-24-12-5-6-13(15(20)9-12)16-7-8-17(21-16)18(22)23/h1-6,9,16-17,21H,7-8,10H2,(H,22,23)/t16?,17-/m0/s1. The quantitative estimate of drug-likeness (QED) is 0.880. The van der Waals surface area contributed by atoms with Gasteiger partial charge in [-0.1, -0.05) is 24.3 Å². The number of aliphatic carboxylic acids is 1. The molecule has 0 amide bonds. The van der Waals surface area contributed by atoms with E-state index < -0.39 is 17.8 Å². The summed E-state index contributed by atoms with van der Waals surface area (Å²) >= 11 is 0. The molecule has 126 valence electrons. The van der Waals surface area contributed by atoms with E-state index in [2.05, 4.69) is 5.32 Å². The Morgan fingerprint density at radius 1 is 1.17 bits per heavy atom. The zero-order valence-electron chi connectivity index (χ0n) is 12.8. The first-order chi connectivity index (χ1) is 11.5. The lowest BCUT2D eigenvalue weighted by molar-refractivity contribution is -0.139. The molecule has 0 saturated carbocycles. The predicted octanol–water partition coefficient (Wildman–Crippen LogP) is 3.42. The van der Waals surface area contributed by atoms with E-state index in [4.69, 9.17) is 9.84 Å². The Hall–Kier alpha value is -2.47. The molecule has 2 aromatic rings. The molecule has 1 unspecified atom stereocenters. The summed E-state index contributed by atoms with van der Waals surface area (Å²) in [6.07, 6.45) is 1.02. The van der Waals surface area contributed by atoms with Crippen molar-refractivity contribution in [2.45, 2.75) is 31.5 Å². The highest BCUT2D eigenvalue weighted by atomic mass is 19.1. The fraction of sp³-hybridized carbons (Fsp3) is 0.278. The molecule has 0 bridgehead atoms. The molecule has 0 radical (unpaired) electrons. The third kappa shape index (κ3) is 3.54. The molecular formula is C18H17F2NO3. The number of hydrogen-bond acceptors (Lipinski definition) is 3. The van der Waals surface area contributed by atoms with Crippen molar-refractivity contribution in [3.8, 4) is 5.75 Å².